The Labute approximate surface area is 138 Å². The Kier molecular flexibility index (Phi) is 3.97. The van der Waals surface area contributed by atoms with Gasteiger partial charge in [-0.1, -0.05) is 65.1 Å². The summed E-state index contributed by atoms with van der Waals surface area (Å²) < 4.78 is 0.437. The molecule has 2 atom stereocenters. The van der Waals surface area contributed by atoms with Crippen LogP contribution >= 0.6 is 22.6 Å². The van der Waals surface area contributed by atoms with Crippen molar-refractivity contribution in [3.05, 3.63) is 59.3 Å². The number of carbonyl (C=O) groups is 1. The van der Waals surface area contributed by atoms with E-state index < -0.39 is 0 Å². The maximum Gasteiger partial charge on any atom is 0.251 e. The molecule has 0 N–H and O–H groups in total. The lowest BCUT2D eigenvalue weighted by molar-refractivity contribution is -0.128. The number of amides is 1. The summed E-state index contributed by atoms with van der Waals surface area (Å²) in [6.45, 7) is 1.86. The molecule has 0 spiro atoms. The standard InChI is InChI=1S/C17H17IN2O/c1-11-17(21)20(2)15-9-8-13(18)10-14(15)16(19-11)12-6-4-3-5-7-12/h3-7,9-11,13H,8H2,1-2H3/t11-,13?/m1/s1. The van der Waals surface area contributed by atoms with E-state index in [9.17, 15) is 4.79 Å². The molecule has 1 aromatic rings. The van der Waals surface area contributed by atoms with Gasteiger partial charge in [-0.15, -0.1) is 0 Å². The Morgan fingerprint density at radius 3 is 2.71 bits per heavy atom. The highest BCUT2D eigenvalue weighted by Gasteiger charge is 2.31. The number of fused-ring (bicyclic) bond motifs is 1. The first kappa shape index (κ1) is 14.5. The number of rotatable bonds is 1. The molecule has 3 nitrogen and oxygen atoms in total. The second kappa shape index (κ2) is 5.75. The van der Waals surface area contributed by atoms with E-state index in [0.717, 1.165) is 29.0 Å². The van der Waals surface area contributed by atoms with E-state index in [-0.39, 0.29) is 11.9 Å². The van der Waals surface area contributed by atoms with Gasteiger partial charge in [0.15, 0.2) is 0 Å². The summed E-state index contributed by atoms with van der Waals surface area (Å²) in [6.07, 6.45) is 5.33. The number of likely N-dealkylation sites (N-methyl/N-ethyl adjacent to an activating group) is 1. The van der Waals surface area contributed by atoms with Crippen molar-refractivity contribution >= 4 is 34.2 Å². The first-order valence-corrected chi connectivity index (χ1v) is 8.30. The molecule has 1 aliphatic carbocycles. The maximum absolute atomic E-state index is 12.4. The van der Waals surface area contributed by atoms with Crippen LogP contribution in [0.15, 0.2) is 58.7 Å². The van der Waals surface area contributed by atoms with Gasteiger partial charge in [-0.2, -0.15) is 0 Å². The second-order valence-corrected chi connectivity index (χ2v) is 6.94. The van der Waals surface area contributed by atoms with Crippen LogP contribution in [0.3, 0.4) is 0 Å². The molecule has 1 heterocycles. The van der Waals surface area contributed by atoms with Crippen molar-refractivity contribution in [3.63, 3.8) is 0 Å². The van der Waals surface area contributed by atoms with Gasteiger partial charge in [0.1, 0.15) is 6.04 Å². The largest absolute Gasteiger partial charge is 0.313 e. The summed E-state index contributed by atoms with van der Waals surface area (Å²) in [6, 6.07) is 9.76. The van der Waals surface area contributed by atoms with E-state index in [0.29, 0.717) is 3.92 Å². The van der Waals surface area contributed by atoms with Gasteiger partial charge in [0.05, 0.1) is 5.71 Å². The van der Waals surface area contributed by atoms with Crippen LogP contribution in [0.25, 0.3) is 0 Å². The summed E-state index contributed by atoms with van der Waals surface area (Å²) in [5.74, 6) is 0.0463. The van der Waals surface area contributed by atoms with Crippen LogP contribution < -0.4 is 0 Å². The Balaban J connectivity index is 2.18. The zero-order valence-corrected chi connectivity index (χ0v) is 14.2. The molecule has 0 aromatic heterocycles. The fraction of sp³-hybridized carbons (Fsp3) is 0.294. The molecule has 2 aliphatic rings. The molecule has 21 heavy (non-hydrogen) atoms. The zero-order valence-electron chi connectivity index (χ0n) is 12.1. The van der Waals surface area contributed by atoms with Gasteiger partial charge >= 0.3 is 0 Å². The minimum Gasteiger partial charge on any atom is -0.313 e. The van der Waals surface area contributed by atoms with Gasteiger partial charge in [-0.25, -0.2) is 0 Å². The predicted octanol–water partition coefficient (Wildman–Crippen LogP) is 3.35. The van der Waals surface area contributed by atoms with Gasteiger partial charge in [-0.05, 0) is 13.3 Å². The smallest absolute Gasteiger partial charge is 0.251 e. The molecule has 4 heteroatoms. The number of halogens is 1. The Bertz CT molecular complexity index is 661. The van der Waals surface area contributed by atoms with Gasteiger partial charge in [0, 0.05) is 27.8 Å². The van der Waals surface area contributed by atoms with Crippen LogP contribution in [-0.2, 0) is 4.79 Å². The summed E-state index contributed by atoms with van der Waals surface area (Å²) in [5.41, 5.74) is 4.05. The molecule has 1 amide bonds. The monoisotopic (exact) mass is 392 g/mol. The van der Waals surface area contributed by atoms with Crippen molar-refractivity contribution in [2.24, 2.45) is 4.99 Å². The average Bonchev–Trinajstić information content (AvgIpc) is 2.59. The summed E-state index contributed by atoms with van der Waals surface area (Å²) >= 11 is 2.43. The Morgan fingerprint density at radius 2 is 2.00 bits per heavy atom. The molecular formula is C17H17IN2O. The molecule has 3 rings (SSSR count). The fourth-order valence-corrected chi connectivity index (χ4v) is 3.34. The SMILES string of the molecule is C[C@H]1N=C(c2ccccc2)C2=CC(I)CC=C2N(C)C1=O. The maximum atomic E-state index is 12.4. The lowest BCUT2D eigenvalue weighted by Crippen LogP contribution is -2.32. The number of nitrogens with zero attached hydrogens (tertiary/aromatic N) is 2. The van der Waals surface area contributed by atoms with Crippen LogP contribution in [0, 0.1) is 0 Å². The number of hydrogen-bond donors (Lipinski definition) is 0. The quantitative estimate of drug-likeness (QED) is 0.533. The van der Waals surface area contributed by atoms with Gasteiger partial charge in [0.2, 0.25) is 0 Å². The van der Waals surface area contributed by atoms with E-state index in [1.807, 2.05) is 32.2 Å². The summed E-state index contributed by atoms with van der Waals surface area (Å²) in [7, 11) is 1.84. The van der Waals surface area contributed by atoms with Gasteiger partial charge in [0.25, 0.3) is 5.91 Å². The summed E-state index contributed by atoms with van der Waals surface area (Å²) in [5, 5.41) is 0. The number of hydrogen-bond acceptors (Lipinski definition) is 2. The van der Waals surface area contributed by atoms with Crippen molar-refractivity contribution < 1.29 is 4.79 Å². The number of aliphatic imine (C=N–C) groups is 1. The predicted molar refractivity (Wildman–Crippen MR) is 93.8 cm³/mol. The molecule has 1 aromatic carbocycles. The van der Waals surface area contributed by atoms with Gasteiger partial charge < -0.3 is 4.90 Å². The molecule has 0 saturated heterocycles. The van der Waals surface area contributed by atoms with Crippen LogP contribution in [0.1, 0.15) is 18.9 Å². The average molecular weight is 392 g/mol. The van der Waals surface area contributed by atoms with Gasteiger partial charge in [-0.3, -0.25) is 9.79 Å². The zero-order chi connectivity index (χ0) is 15.0. The molecule has 1 aliphatic heterocycles. The normalized spacial score (nSPS) is 25.6. The highest BCUT2D eigenvalue weighted by Crippen LogP contribution is 2.31. The Hall–Kier alpha value is -1.43. The van der Waals surface area contributed by atoms with E-state index in [4.69, 9.17) is 4.99 Å². The Morgan fingerprint density at radius 1 is 1.29 bits per heavy atom. The van der Waals surface area contributed by atoms with Crippen molar-refractivity contribution in [2.75, 3.05) is 7.05 Å². The molecule has 108 valence electrons. The molecule has 0 saturated carbocycles. The molecular weight excluding hydrogens is 375 g/mol. The number of carbonyl (C=O) groups excluding carboxylic acids is 1. The highest BCUT2D eigenvalue weighted by atomic mass is 127. The third-order valence-electron chi connectivity index (χ3n) is 3.83. The van der Waals surface area contributed by atoms with Crippen molar-refractivity contribution in [2.45, 2.75) is 23.3 Å². The lowest BCUT2D eigenvalue weighted by Gasteiger charge is -2.25. The van der Waals surface area contributed by atoms with Crippen LogP contribution in [0.4, 0.5) is 0 Å². The highest BCUT2D eigenvalue weighted by molar-refractivity contribution is 14.1. The minimum absolute atomic E-state index is 0.0463. The van der Waals surface area contributed by atoms with E-state index in [2.05, 4.69) is 46.9 Å². The van der Waals surface area contributed by atoms with Crippen molar-refractivity contribution in [1.82, 2.24) is 4.90 Å². The third kappa shape index (κ3) is 2.69. The fourth-order valence-electron chi connectivity index (χ4n) is 2.73. The topological polar surface area (TPSA) is 32.7 Å². The first-order valence-electron chi connectivity index (χ1n) is 7.05. The first-order chi connectivity index (χ1) is 10.1. The number of alkyl halides is 1. The van der Waals surface area contributed by atoms with Crippen LogP contribution in [0.5, 0.6) is 0 Å². The lowest BCUT2D eigenvalue weighted by atomic mass is 9.94. The minimum atomic E-state index is -0.356. The second-order valence-electron chi connectivity index (χ2n) is 5.34. The van der Waals surface area contributed by atoms with E-state index in [1.54, 1.807) is 4.90 Å². The third-order valence-corrected chi connectivity index (χ3v) is 4.70. The summed E-state index contributed by atoms with van der Waals surface area (Å²) in [4.78, 5) is 18.9. The molecule has 0 radical (unpaired) electrons. The molecule has 1 unspecified atom stereocenters. The number of benzene rings is 1. The number of allylic oxidation sites excluding steroid dienone is 3. The van der Waals surface area contributed by atoms with Crippen molar-refractivity contribution in [1.29, 1.82) is 0 Å². The van der Waals surface area contributed by atoms with Crippen LogP contribution in [-0.4, -0.2) is 33.5 Å². The van der Waals surface area contributed by atoms with Crippen molar-refractivity contribution in [3.8, 4) is 0 Å². The molecule has 0 fully saturated rings. The van der Waals surface area contributed by atoms with E-state index >= 15 is 0 Å². The van der Waals surface area contributed by atoms with Crippen LogP contribution in [0.2, 0.25) is 0 Å². The molecule has 0 bridgehead atoms. The van der Waals surface area contributed by atoms with E-state index in [1.165, 1.54) is 0 Å².